The summed E-state index contributed by atoms with van der Waals surface area (Å²) in [7, 11) is 2.81. The zero-order valence-corrected chi connectivity index (χ0v) is 22.5. The van der Waals surface area contributed by atoms with Crippen molar-refractivity contribution in [1.82, 2.24) is 10.3 Å². The number of rotatable bonds is 5. The van der Waals surface area contributed by atoms with E-state index in [1.54, 1.807) is 24.3 Å². The van der Waals surface area contributed by atoms with Gasteiger partial charge in [0.2, 0.25) is 12.5 Å². The Morgan fingerprint density at radius 2 is 1.68 bits per heavy atom. The highest BCUT2D eigenvalue weighted by molar-refractivity contribution is 6.34. The SMILES string of the molecule is COc1cc([C@@H]2c3cc4c(cc3[C@@H](NC(=O)c3cc(F)c(Cl)nc3Cl)[C@H]3COC(=O)[C@H]23)OCO4)cc(OC)c1O. The average molecular weight is 591 g/mol. The first-order valence-electron chi connectivity index (χ1n) is 12.1. The highest BCUT2D eigenvalue weighted by Gasteiger charge is 2.53. The zero-order valence-electron chi connectivity index (χ0n) is 21.0. The number of carbonyl (C=O) groups is 2. The largest absolute Gasteiger partial charge is 0.502 e. The lowest BCUT2D eigenvalue weighted by molar-refractivity contribution is -0.141. The quantitative estimate of drug-likeness (QED) is 0.329. The third kappa shape index (κ3) is 4.11. The van der Waals surface area contributed by atoms with E-state index < -0.39 is 46.6 Å². The maximum absolute atomic E-state index is 14.2. The third-order valence-corrected chi connectivity index (χ3v) is 8.02. The summed E-state index contributed by atoms with van der Waals surface area (Å²) >= 11 is 11.8. The molecule has 2 N–H and O–H groups in total. The van der Waals surface area contributed by atoms with Crippen molar-refractivity contribution in [3.8, 4) is 28.7 Å². The molecule has 0 radical (unpaired) electrons. The lowest BCUT2D eigenvalue weighted by Gasteiger charge is -2.39. The maximum atomic E-state index is 14.2. The molecule has 2 aromatic carbocycles. The van der Waals surface area contributed by atoms with Crippen LogP contribution < -0.4 is 24.3 Å². The molecule has 1 saturated heterocycles. The molecule has 4 atom stereocenters. The number of methoxy groups -OCH3 is 2. The van der Waals surface area contributed by atoms with Crippen LogP contribution in [0.2, 0.25) is 10.3 Å². The van der Waals surface area contributed by atoms with Crippen molar-refractivity contribution >= 4 is 35.1 Å². The fourth-order valence-corrected chi connectivity index (χ4v) is 6.07. The highest BCUT2D eigenvalue weighted by atomic mass is 35.5. The van der Waals surface area contributed by atoms with Gasteiger partial charge in [0, 0.05) is 11.8 Å². The number of hydrogen-bond acceptors (Lipinski definition) is 9. The first kappa shape index (κ1) is 26.3. The van der Waals surface area contributed by atoms with E-state index in [9.17, 15) is 19.1 Å². The number of fused-ring (bicyclic) bond motifs is 3. The van der Waals surface area contributed by atoms with Gasteiger partial charge in [-0.3, -0.25) is 9.59 Å². The summed E-state index contributed by atoms with van der Waals surface area (Å²) in [6, 6.07) is 6.89. The number of amides is 1. The lowest BCUT2D eigenvalue weighted by Crippen LogP contribution is -2.43. The summed E-state index contributed by atoms with van der Waals surface area (Å²) < 4.78 is 41.7. The Morgan fingerprint density at radius 3 is 2.33 bits per heavy atom. The van der Waals surface area contributed by atoms with E-state index in [1.165, 1.54) is 14.2 Å². The lowest BCUT2D eigenvalue weighted by atomic mass is 9.65. The molecule has 40 heavy (non-hydrogen) atoms. The summed E-state index contributed by atoms with van der Waals surface area (Å²) in [5.74, 6) is -2.95. The third-order valence-electron chi connectivity index (χ3n) is 7.47. The van der Waals surface area contributed by atoms with Crippen molar-refractivity contribution in [3.63, 3.8) is 0 Å². The van der Waals surface area contributed by atoms with E-state index >= 15 is 0 Å². The first-order chi connectivity index (χ1) is 19.2. The molecule has 1 aromatic heterocycles. The van der Waals surface area contributed by atoms with Crippen LogP contribution in [0.1, 0.15) is 39.0 Å². The molecule has 3 heterocycles. The van der Waals surface area contributed by atoms with E-state index in [0.29, 0.717) is 28.2 Å². The van der Waals surface area contributed by atoms with Crippen LogP contribution in [0.5, 0.6) is 28.7 Å². The van der Waals surface area contributed by atoms with Crippen LogP contribution in [0, 0.1) is 17.7 Å². The van der Waals surface area contributed by atoms with Gasteiger partial charge in [0.1, 0.15) is 5.15 Å². The van der Waals surface area contributed by atoms with Crippen molar-refractivity contribution in [2.45, 2.75) is 12.0 Å². The van der Waals surface area contributed by atoms with Crippen molar-refractivity contribution in [3.05, 3.63) is 68.7 Å². The van der Waals surface area contributed by atoms with Crippen LogP contribution in [-0.4, -0.2) is 49.6 Å². The van der Waals surface area contributed by atoms with Gasteiger partial charge in [-0.1, -0.05) is 23.2 Å². The van der Waals surface area contributed by atoms with Crippen molar-refractivity contribution in [2.24, 2.45) is 11.8 Å². The first-order valence-corrected chi connectivity index (χ1v) is 12.8. The second kappa shape index (κ2) is 9.90. The van der Waals surface area contributed by atoms with E-state index in [4.69, 9.17) is 46.9 Å². The molecule has 2 aliphatic heterocycles. The van der Waals surface area contributed by atoms with Crippen LogP contribution in [0.15, 0.2) is 30.3 Å². The van der Waals surface area contributed by atoms with Gasteiger partial charge in [-0.2, -0.15) is 0 Å². The summed E-state index contributed by atoms with van der Waals surface area (Å²) in [4.78, 5) is 30.3. The van der Waals surface area contributed by atoms with Gasteiger partial charge >= 0.3 is 5.97 Å². The molecule has 1 fully saturated rings. The number of benzene rings is 2. The molecule has 0 bridgehead atoms. The number of aromatic hydroxyl groups is 1. The molecule has 13 heteroatoms. The number of halogens is 3. The van der Waals surface area contributed by atoms with Crippen LogP contribution in [0.3, 0.4) is 0 Å². The van der Waals surface area contributed by atoms with E-state index in [1.807, 2.05) is 0 Å². The normalized spacial score (nSPS) is 22.3. The van der Waals surface area contributed by atoms with Crippen molar-refractivity contribution < 1.29 is 42.8 Å². The van der Waals surface area contributed by atoms with Crippen molar-refractivity contribution in [1.29, 1.82) is 0 Å². The molecule has 10 nitrogen and oxygen atoms in total. The molecule has 0 saturated carbocycles. The fraction of sp³-hybridized carbons (Fsp3) is 0.296. The van der Waals surface area contributed by atoms with E-state index in [2.05, 4.69) is 10.3 Å². The minimum atomic E-state index is -0.906. The van der Waals surface area contributed by atoms with Crippen molar-refractivity contribution in [2.75, 3.05) is 27.6 Å². The van der Waals surface area contributed by atoms with E-state index in [0.717, 1.165) is 6.07 Å². The van der Waals surface area contributed by atoms with Gasteiger partial charge in [0.05, 0.1) is 38.3 Å². The number of ether oxygens (including phenoxy) is 5. The minimum Gasteiger partial charge on any atom is -0.502 e. The van der Waals surface area contributed by atoms with E-state index in [-0.39, 0.29) is 41.4 Å². The maximum Gasteiger partial charge on any atom is 0.310 e. The molecule has 3 aliphatic rings. The summed E-state index contributed by atoms with van der Waals surface area (Å²) in [5.41, 5.74) is 1.67. The number of hydrogen-bond donors (Lipinski definition) is 2. The van der Waals surface area contributed by atoms with Gasteiger partial charge < -0.3 is 34.1 Å². The predicted molar refractivity (Wildman–Crippen MR) is 138 cm³/mol. The number of esters is 1. The predicted octanol–water partition coefficient (Wildman–Crippen LogP) is 4.38. The number of phenolic OH excluding ortho intramolecular Hbond substituents is 1. The van der Waals surface area contributed by atoms with Gasteiger partial charge in [-0.15, -0.1) is 0 Å². The fourth-order valence-electron chi connectivity index (χ4n) is 5.66. The van der Waals surface area contributed by atoms with Crippen LogP contribution in [0.25, 0.3) is 0 Å². The Kier molecular flexibility index (Phi) is 6.50. The monoisotopic (exact) mass is 590 g/mol. The topological polar surface area (TPSA) is 125 Å². The number of pyridine rings is 1. The standard InChI is InChI=1S/C27H21Cl2FN2O8/c1-36-18-3-10(4-19(37-2)23(18)33)20-11-6-16-17(40-9-39-16)7-12(11)22(14-8-38-27(35)21(14)20)31-26(34)13-5-15(30)25(29)32-24(13)28/h3-7,14,20-22,33H,8-9H2,1-2H3,(H,31,34)/t14-,20+,21-,22+/m0/s1. The molecular weight excluding hydrogens is 570 g/mol. The highest BCUT2D eigenvalue weighted by Crippen LogP contribution is 2.55. The molecule has 208 valence electrons. The number of aromatic nitrogens is 1. The molecule has 3 aromatic rings. The Bertz CT molecular complexity index is 1540. The molecular formula is C27H21Cl2FN2O8. The summed E-state index contributed by atoms with van der Waals surface area (Å²) in [6.45, 7) is 0.00709. The number of nitrogens with zero attached hydrogens (tertiary/aromatic N) is 1. The Hall–Kier alpha value is -3.96. The van der Waals surface area contributed by atoms with Gasteiger partial charge in [-0.25, -0.2) is 9.37 Å². The second-order valence-corrected chi connectivity index (χ2v) is 10.2. The average Bonchev–Trinajstić information content (AvgIpc) is 3.56. The Morgan fingerprint density at radius 1 is 1.02 bits per heavy atom. The Labute approximate surface area is 236 Å². The number of carbonyl (C=O) groups excluding carboxylic acids is 2. The van der Waals surface area contributed by atoms with Gasteiger partial charge in [0.25, 0.3) is 5.91 Å². The number of phenols is 1. The minimum absolute atomic E-state index is 0.000994. The summed E-state index contributed by atoms with van der Waals surface area (Å²) in [6.07, 6.45) is 0. The van der Waals surface area contributed by atoms with Gasteiger partial charge in [0.15, 0.2) is 34.0 Å². The molecule has 0 unspecified atom stereocenters. The molecule has 0 spiro atoms. The zero-order chi connectivity index (χ0) is 28.3. The second-order valence-electron chi connectivity index (χ2n) is 9.46. The van der Waals surface area contributed by atoms with Crippen LogP contribution in [0.4, 0.5) is 4.39 Å². The molecule has 1 amide bonds. The number of cyclic esters (lactones) is 1. The number of nitrogens with one attached hydrogen (secondary N) is 1. The molecule has 6 rings (SSSR count). The van der Waals surface area contributed by atoms with Crippen LogP contribution >= 0.6 is 23.2 Å². The summed E-state index contributed by atoms with van der Waals surface area (Å²) in [5, 5.41) is 12.7. The molecule has 1 aliphatic carbocycles. The smallest absolute Gasteiger partial charge is 0.310 e. The Balaban J connectivity index is 1.51. The van der Waals surface area contributed by atoms with Crippen LogP contribution in [-0.2, 0) is 9.53 Å². The van der Waals surface area contributed by atoms with Gasteiger partial charge in [-0.05, 0) is 47.0 Å².